The van der Waals surface area contributed by atoms with E-state index < -0.39 is 5.97 Å². The highest BCUT2D eigenvalue weighted by atomic mass is 16.4. The van der Waals surface area contributed by atoms with Gasteiger partial charge in [0.2, 0.25) is 0 Å². The number of hydrogen-bond donors (Lipinski definition) is 1. The highest BCUT2D eigenvalue weighted by Gasteiger charge is 2.12. The molecule has 0 fully saturated rings. The van der Waals surface area contributed by atoms with E-state index in [0.717, 1.165) is 12.8 Å². The Bertz CT molecular complexity index is 213. The van der Waals surface area contributed by atoms with E-state index in [0.29, 0.717) is 5.92 Å². The Morgan fingerprint density at radius 1 is 0.842 bits per heavy atom. The van der Waals surface area contributed by atoms with Crippen LogP contribution in [0.15, 0.2) is 0 Å². The lowest BCUT2D eigenvalue weighted by molar-refractivity contribution is -0.141. The van der Waals surface area contributed by atoms with Crippen LogP contribution in [0.3, 0.4) is 0 Å². The minimum atomic E-state index is -0.653. The molecule has 0 saturated heterocycles. The molecule has 0 heterocycles. The molecule has 0 aromatic carbocycles. The van der Waals surface area contributed by atoms with Crippen LogP contribution < -0.4 is 0 Å². The highest BCUT2D eigenvalue weighted by molar-refractivity contribution is 5.69. The summed E-state index contributed by atoms with van der Waals surface area (Å²) in [5, 5.41) is 8.83. The molecule has 0 spiro atoms. The Labute approximate surface area is 120 Å². The molecule has 0 bridgehead atoms. The number of carboxylic acid groups (broad SMARTS) is 1. The lowest BCUT2D eigenvalue weighted by atomic mass is 9.93. The largest absolute Gasteiger partial charge is 0.481 e. The summed E-state index contributed by atoms with van der Waals surface area (Å²) in [6.45, 7) is 6.33. The third-order valence-electron chi connectivity index (χ3n) is 4.06. The molecule has 114 valence electrons. The van der Waals surface area contributed by atoms with Crippen LogP contribution in [0.25, 0.3) is 0 Å². The first-order valence-corrected chi connectivity index (χ1v) is 8.30. The number of hydrogen-bond acceptors (Lipinski definition) is 1. The molecule has 0 rings (SSSR count). The van der Waals surface area contributed by atoms with Gasteiger partial charge in [0.1, 0.15) is 0 Å². The summed E-state index contributed by atoms with van der Waals surface area (Å²) in [6, 6.07) is 0. The molecule has 0 aliphatic carbocycles. The van der Waals surface area contributed by atoms with Gasteiger partial charge in [-0.05, 0) is 18.8 Å². The Kier molecular flexibility index (Phi) is 12.2. The van der Waals surface area contributed by atoms with Gasteiger partial charge in [0, 0.05) is 0 Å². The van der Waals surface area contributed by atoms with E-state index in [-0.39, 0.29) is 5.92 Å². The molecule has 1 N–H and O–H groups in total. The van der Waals surface area contributed by atoms with E-state index in [1.54, 1.807) is 0 Å². The van der Waals surface area contributed by atoms with Crippen LogP contribution in [0.2, 0.25) is 0 Å². The van der Waals surface area contributed by atoms with Gasteiger partial charge in [-0.25, -0.2) is 0 Å². The summed E-state index contributed by atoms with van der Waals surface area (Å²) < 4.78 is 0. The van der Waals surface area contributed by atoms with Crippen molar-refractivity contribution in [2.75, 3.05) is 0 Å². The standard InChI is InChI=1S/C17H34O2/c1-4-5-6-7-8-9-10-11-12-15(2)13-14-16(3)17(18)19/h15-16H,4-14H2,1-3H3,(H,18,19). The van der Waals surface area contributed by atoms with E-state index in [9.17, 15) is 4.79 Å². The van der Waals surface area contributed by atoms with Gasteiger partial charge in [0.15, 0.2) is 0 Å². The molecule has 2 unspecified atom stereocenters. The van der Waals surface area contributed by atoms with Gasteiger partial charge in [-0.3, -0.25) is 4.79 Å². The van der Waals surface area contributed by atoms with Crippen molar-refractivity contribution in [2.45, 2.75) is 91.4 Å². The zero-order valence-corrected chi connectivity index (χ0v) is 13.3. The van der Waals surface area contributed by atoms with Crippen LogP contribution in [-0.2, 0) is 4.79 Å². The van der Waals surface area contributed by atoms with Crippen LogP contribution in [-0.4, -0.2) is 11.1 Å². The van der Waals surface area contributed by atoms with Crippen LogP contribution in [0.5, 0.6) is 0 Å². The summed E-state index contributed by atoms with van der Waals surface area (Å²) >= 11 is 0. The lowest BCUT2D eigenvalue weighted by Crippen LogP contribution is -2.10. The van der Waals surface area contributed by atoms with E-state index in [1.807, 2.05) is 6.92 Å². The molecular weight excluding hydrogens is 236 g/mol. The van der Waals surface area contributed by atoms with Crippen molar-refractivity contribution in [2.24, 2.45) is 11.8 Å². The summed E-state index contributed by atoms with van der Waals surface area (Å²) in [6.07, 6.45) is 14.1. The monoisotopic (exact) mass is 270 g/mol. The van der Waals surface area contributed by atoms with Crippen molar-refractivity contribution in [1.82, 2.24) is 0 Å². The predicted octanol–water partition coefficient (Wildman–Crippen LogP) is 5.65. The van der Waals surface area contributed by atoms with Crippen LogP contribution >= 0.6 is 0 Å². The molecule has 2 heteroatoms. The first-order chi connectivity index (χ1) is 9.07. The average Bonchev–Trinajstić information content (AvgIpc) is 2.38. The van der Waals surface area contributed by atoms with Crippen molar-refractivity contribution in [3.63, 3.8) is 0 Å². The summed E-state index contributed by atoms with van der Waals surface area (Å²) in [5.41, 5.74) is 0. The summed E-state index contributed by atoms with van der Waals surface area (Å²) in [4.78, 5) is 10.7. The molecular formula is C17H34O2. The molecule has 0 saturated carbocycles. The SMILES string of the molecule is CCCCCCCCCCC(C)CCC(C)C(=O)O. The zero-order chi connectivity index (χ0) is 14.5. The normalized spacial score (nSPS) is 14.3. The summed E-state index contributed by atoms with van der Waals surface area (Å²) in [5.74, 6) is -0.151. The van der Waals surface area contributed by atoms with Gasteiger partial charge in [0.25, 0.3) is 0 Å². The Morgan fingerprint density at radius 2 is 1.37 bits per heavy atom. The molecule has 0 aliphatic heterocycles. The molecule has 0 aliphatic rings. The Morgan fingerprint density at radius 3 is 1.89 bits per heavy atom. The van der Waals surface area contributed by atoms with Crippen molar-refractivity contribution in [3.8, 4) is 0 Å². The minimum Gasteiger partial charge on any atom is -0.481 e. The maximum atomic E-state index is 10.7. The quantitative estimate of drug-likeness (QED) is 0.439. The van der Waals surface area contributed by atoms with Crippen LogP contribution in [0.4, 0.5) is 0 Å². The van der Waals surface area contributed by atoms with Crippen molar-refractivity contribution < 1.29 is 9.90 Å². The molecule has 0 radical (unpaired) electrons. The first-order valence-electron chi connectivity index (χ1n) is 8.30. The van der Waals surface area contributed by atoms with E-state index in [4.69, 9.17) is 5.11 Å². The fourth-order valence-corrected chi connectivity index (χ4v) is 2.43. The molecule has 0 amide bonds. The number of rotatable bonds is 13. The Balaban J connectivity index is 3.29. The molecule has 0 aromatic heterocycles. The third kappa shape index (κ3) is 12.3. The van der Waals surface area contributed by atoms with Crippen molar-refractivity contribution in [1.29, 1.82) is 0 Å². The average molecular weight is 270 g/mol. The highest BCUT2D eigenvalue weighted by Crippen LogP contribution is 2.19. The van der Waals surface area contributed by atoms with Gasteiger partial charge >= 0.3 is 5.97 Å². The van der Waals surface area contributed by atoms with Gasteiger partial charge < -0.3 is 5.11 Å². The van der Waals surface area contributed by atoms with Crippen molar-refractivity contribution >= 4 is 5.97 Å². The van der Waals surface area contributed by atoms with E-state index in [2.05, 4.69) is 13.8 Å². The minimum absolute atomic E-state index is 0.180. The van der Waals surface area contributed by atoms with Gasteiger partial charge in [-0.2, -0.15) is 0 Å². The second-order valence-corrected chi connectivity index (χ2v) is 6.19. The zero-order valence-electron chi connectivity index (χ0n) is 13.3. The smallest absolute Gasteiger partial charge is 0.306 e. The number of carbonyl (C=O) groups is 1. The maximum Gasteiger partial charge on any atom is 0.306 e. The van der Waals surface area contributed by atoms with Gasteiger partial charge in [-0.15, -0.1) is 0 Å². The molecule has 19 heavy (non-hydrogen) atoms. The molecule has 0 aromatic rings. The van der Waals surface area contributed by atoms with E-state index >= 15 is 0 Å². The maximum absolute atomic E-state index is 10.7. The fraction of sp³-hybridized carbons (Fsp3) is 0.941. The van der Waals surface area contributed by atoms with Crippen LogP contribution in [0.1, 0.15) is 91.4 Å². The second kappa shape index (κ2) is 12.5. The lowest BCUT2D eigenvalue weighted by Gasteiger charge is -2.12. The second-order valence-electron chi connectivity index (χ2n) is 6.19. The topological polar surface area (TPSA) is 37.3 Å². The number of unbranched alkanes of at least 4 members (excludes halogenated alkanes) is 7. The molecule has 2 nitrogen and oxygen atoms in total. The predicted molar refractivity (Wildman–Crippen MR) is 82.4 cm³/mol. The summed E-state index contributed by atoms with van der Waals surface area (Å²) in [7, 11) is 0. The fourth-order valence-electron chi connectivity index (χ4n) is 2.43. The van der Waals surface area contributed by atoms with Crippen LogP contribution in [0, 0.1) is 11.8 Å². The number of aliphatic carboxylic acids is 1. The van der Waals surface area contributed by atoms with Crippen molar-refractivity contribution in [3.05, 3.63) is 0 Å². The first kappa shape index (κ1) is 18.5. The Hall–Kier alpha value is -0.530. The number of carboxylic acids is 1. The van der Waals surface area contributed by atoms with E-state index in [1.165, 1.54) is 57.8 Å². The van der Waals surface area contributed by atoms with Gasteiger partial charge in [0.05, 0.1) is 5.92 Å². The molecule has 2 atom stereocenters. The van der Waals surface area contributed by atoms with Gasteiger partial charge in [-0.1, -0.05) is 78.6 Å². The third-order valence-corrected chi connectivity index (χ3v) is 4.06.